The Hall–Kier alpha value is -0.610. The van der Waals surface area contributed by atoms with E-state index in [1.54, 1.807) is 6.92 Å². The van der Waals surface area contributed by atoms with E-state index < -0.39 is 11.5 Å². The van der Waals surface area contributed by atoms with Gasteiger partial charge in [0, 0.05) is 6.04 Å². The molecule has 0 aliphatic carbocycles. The number of aliphatic carboxylic acids is 1. The zero-order valence-electron chi connectivity index (χ0n) is 10.4. The van der Waals surface area contributed by atoms with Crippen molar-refractivity contribution in [1.82, 2.24) is 4.90 Å². The molecule has 3 N–H and O–H groups in total. The number of likely N-dealkylation sites (tertiary alicyclic amines) is 1. The molecule has 0 saturated carbocycles. The summed E-state index contributed by atoms with van der Waals surface area (Å²) in [5.41, 5.74) is 4.61. The normalized spacial score (nSPS) is 25.6. The number of rotatable bonds is 6. The molecular weight excluding hydrogens is 204 g/mol. The monoisotopic (exact) mass is 228 g/mol. The molecule has 2 unspecified atom stereocenters. The van der Waals surface area contributed by atoms with Gasteiger partial charge in [-0.3, -0.25) is 4.79 Å². The lowest BCUT2D eigenvalue weighted by Gasteiger charge is -2.22. The zero-order valence-corrected chi connectivity index (χ0v) is 10.4. The van der Waals surface area contributed by atoms with E-state index in [9.17, 15) is 4.79 Å². The average molecular weight is 228 g/mol. The Balaban J connectivity index is 2.14. The van der Waals surface area contributed by atoms with Crippen LogP contribution in [0.1, 0.15) is 46.0 Å². The van der Waals surface area contributed by atoms with E-state index in [1.165, 1.54) is 19.4 Å². The van der Waals surface area contributed by atoms with Crippen molar-refractivity contribution in [3.63, 3.8) is 0 Å². The van der Waals surface area contributed by atoms with Crippen LogP contribution in [0.2, 0.25) is 0 Å². The Morgan fingerprint density at radius 3 is 2.75 bits per heavy atom. The van der Waals surface area contributed by atoms with Gasteiger partial charge in [0.05, 0.1) is 0 Å². The van der Waals surface area contributed by atoms with Gasteiger partial charge >= 0.3 is 5.97 Å². The highest BCUT2D eigenvalue weighted by molar-refractivity contribution is 5.77. The molecule has 0 spiro atoms. The Bertz CT molecular complexity index is 241. The molecule has 1 aliphatic rings. The lowest BCUT2D eigenvalue weighted by molar-refractivity contribution is -0.142. The number of carboxylic acid groups (broad SMARTS) is 1. The second kappa shape index (κ2) is 5.64. The van der Waals surface area contributed by atoms with Crippen LogP contribution in [0, 0.1) is 0 Å². The van der Waals surface area contributed by atoms with Crippen molar-refractivity contribution < 1.29 is 9.90 Å². The van der Waals surface area contributed by atoms with E-state index in [1.807, 2.05) is 0 Å². The van der Waals surface area contributed by atoms with Gasteiger partial charge in [0.2, 0.25) is 0 Å². The largest absolute Gasteiger partial charge is 0.480 e. The quantitative estimate of drug-likeness (QED) is 0.675. The van der Waals surface area contributed by atoms with Gasteiger partial charge in [0.1, 0.15) is 5.54 Å². The molecule has 0 aromatic carbocycles. The third-order valence-corrected chi connectivity index (χ3v) is 3.57. The Morgan fingerprint density at radius 1 is 1.56 bits per heavy atom. The van der Waals surface area contributed by atoms with Crippen LogP contribution >= 0.6 is 0 Å². The van der Waals surface area contributed by atoms with Crippen molar-refractivity contribution in [2.45, 2.75) is 57.5 Å². The molecule has 0 aromatic heterocycles. The molecule has 1 rings (SSSR count). The molecule has 1 fully saturated rings. The van der Waals surface area contributed by atoms with Gasteiger partial charge in [-0.05, 0) is 59.0 Å². The molecule has 16 heavy (non-hydrogen) atoms. The number of nitrogens with two attached hydrogens (primary N) is 1. The molecule has 0 amide bonds. The van der Waals surface area contributed by atoms with Crippen LogP contribution < -0.4 is 5.73 Å². The molecule has 0 aromatic rings. The van der Waals surface area contributed by atoms with E-state index >= 15 is 0 Å². The van der Waals surface area contributed by atoms with Crippen molar-refractivity contribution >= 4 is 5.97 Å². The standard InChI is InChI=1S/C12H24N2O2/c1-10-6-5-9-14(10)8-4-3-7-12(2,13)11(15)16/h10H,3-9,13H2,1-2H3,(H,15,16). The molecule has 2 atom stereocenters. The molecule has 1 aliphatic heterocycles. The fourth-order valence-corrected chi connectivity index (χ4v) is 2.24. The summed E-state index contributed by atoms with van der Waals surface area (Å²) >= 11 is 0. The summed E-state index contributed by atoms with van der Waals surface area (Å²) in [4.78, 5) is 13.3. The summed E-state index contributed by atoms with van der Waals surface area (Å²) in [6.45, 7) is 6.13. The highest BCUT2D eigenvalue weighted by atomic mass is 16.4. The van der Waals surface area contributed by atoms with Crippen LogP contribution in [0.3, 0.4) is 0 Å². The van der Waals surface area contributed by atoms with Crippen LogP contribution in [0.25, 0.3) is 0 Å². The predicted molar refractivity (Wildman–Crippen MR) is 64.3 cm³/mol. The molecule has 94 valence electrons. The summed E-state index contributed by atoms with van der Waals surface area (Å²) in [7, 11) is 0. The molecular formula is C12H24N2O2. The number of hydrogen-bond donors (Lipinski definition) is 2. The number of nitrogens with zero attached hydrogens (tertiary/aromatic N) is 1. The van der Waals surface area contributed by atoms with Crippen molar-refractivity contribution in [2.75, 3.05) is 13.1 Å². The van der Waals surface area contributed by atoms with Gasteiger partial charge in [-0.1, -0.05) is 0 Å². The third-order valence-electron chi connectivity index (χ3n) is 3.57. The molecule has 4 nitrogen and oxygen atoms in total. The minimum absolute atomic E-state index is 0.560. The van der Waals surface area contributed by atoms with Gasteiger partial charge in [0.25, 0.3) is 0 Å². The van der Waals surface area contributed by atoms with Crippen LogP contribution in [0.4, 0.5) is 0 Å². The van der Waals surface area contributed by atoms with Gasteiger partial charge in [0.15, 0.2) is 0 Å². The fourth-order valence-electron chi connectivity index (χ4n) is 2.24. The topological polar surface area (TPSA) is 66.6 Å². The second-order valence-corrected chi connectivity index (χ2v) is 5.21. The molecule has 4 heteroatoms. The van der Waals surface area contributed by atoms with Crippen LogP contribution in [-0.4, -0.2) is 40.6 Å². The van der Waals surface area contributed by atoms with Crippen molar-refractivity contribution in [3.8, 4) is 0 Å². The molecule has 0 radical (unpaired) electrons. The van der Waals surface area contributed by atoms with E-state index in [0.717, 1.165) is 19.4 Å². The van der Waals surface area contributed by atoms with Crippen molar-refractivity contribution in [2.24, 2.45) is 5.73 Å². The fraction of sp³-hybridized carbons (Fsp3) is 0.917. The third kappa shape index (κ3) is 3.76. The maximum absolute atomic E-state index is 10.8. The smallest absolute Gasteiger partial charge is 0.323 e. The maximum atomic E-state index is 10.8. The first-order valence-electron chi connectivity index (χ1n) is 6.20. The number of hydrogen-bond acceptors (Lipinski definition) is 3. The maximum Gasteiger partial charge on any atom is 0.323 e. The molecule has 1 heterocycles. The first-order chi connectivity index (χ1) is 7.43. The van der Waals surface area contributed by atoms with E-state index in [0.29, 0.717) is 12.5 Å². The summed E-state index contributed by atoms with van der Waals surface area (Å²) in [5, 5.41) is 8.86. The zero-order chi connectivity index (χ0) is 12.2. The van der Waals surface area contributed by atoms with Crippen LogP contribution in [-0.2, 0) is 4.79 Å². The van der Waals surface area contributed by atoms with Gasteiger partial charge in [-0.15, -0.1) is 0 Å². The lowest BCUT2D eigenvalue weighted by atomic mass is 9.96. The van der Waals surface area contributed by atoms with Crippen LogP contribution in [0.5, 0.6) is 0 Å². The Labute approximate surface area is 97.8 Å². The second-order valence-electron chi connectivity index (χ2n) is 5.21. The van der Waals surface area contributed by atoms with E-state index in [2.05, 4.69) is 11.8 Å². The van der Waals surface area contributed by atoms with Crippen molar-refractivity contribution in [3.05, 3.63) is 0 Å². The number of carbonyl (C=O) groups is 1. The number of carboxylic acids is 1. The summed E-state index contributed by atoms with van der Waals surface area (Å²) in [6, 6.07) is 0.698. The van der Waals surface area contributed by atoms with Gasteiger partial charge < -0.3 is 15.7 Å². The Morgan fingerprint density at radius 2 is 2.25 bits per heavy atom. The SMILES string of the molecule is CC1CCCN1CCCCC(C)(N)C(=O)O. The summed E-state index contributed by atoms with van der Waals surface area (Å²) in [5.74, 6) is -0.901. The van der Waals surface area contributed by atoms with Gasteiger partial charge in [-0.2, -0.15) is 0 Å². The van der Waals surface area contributed by atoms with E-state index in [4.69, 9.17) is 10.8 Å². The summed E-state index contributed by atoms with van der Waals surface area (Å²) < 4.78 is 0. The average Bonchev–Trinajstić information content (AvgIpc) is 2.59. The first-order valence-corrected chi connectivity index (χ1v) is 6.20. The number of unbranched alkanes of at least 4 members (excludes halogenated alkanes) is 1. The highest BCUT2D eigenvalue weighted by Gasteiger charge is 2.27. The highest BCUT2D eigenvalue weighted by Crippen LogP contribution is 2.18. The van der Waals surface area contributed by atoms with Crippen LogP contribution in [0.15, 0.2) is 0 Å². The first kappa shape index (κ1) is 13.5. The minimum Gasteiger partial charge on any atom is -0.480 e. The summed E-state index contributed by atoms with van der Waals surface area (Å²) in [6.07, 6.45) is 5.09. The Kier molecular flexibility index (Phi) is 4.74. The minimum atomic E-state index is -1.06. The van der Waals surface area contributed by atoms with Crippen molar-refractivity contribution in [1.29, 1.82) is 0 Å². The predicted octanol–water partition coefficient (Wildman–Crippen LogP) is 1.44. The lowest BCUT2D eigenvalue weighted by Crippen LogP contribution is -2.44. The molecule has 1 saturated heterocycles. The van der Waals surface area contributed by atoms with E-state index in [-0.39, 0.29) is 0 Å². The molecule has 0 bridgehead atoms. The van der Waals surface area contributed by atoms with Gasteiger partial charge in [-0.25, -0.2) is 0 Å².